The van der Waals surface area contributed by atoms with Gasteiger partial charge in [0.15, 0.2) is 5.13 Å². The Balaban J connectivity index is 1.22. The smallest absolute Gasteiger partial charge is 0.408 e. The van der Waals surface area contributed by atoms with Gasteiger partial charge in [0.25, 0.3) is 5.91 Å². The summed E-state index contributed by atoms with van der Waals surface area (Å²) >= 11 is 1.45. The molecule has 2 aliphatic carbocycles. The largest absolute Gasteiger partial charge is 0.497 e. The first-order valence-electron chi connectivity index (χ1n) is 23.0. The molecule has 4 heterocycles. The molecule has 1 saturated heterocycles. The number of hydrogen-bond donors (Lipinski definition) is 4. The number of carbonyl (C=O) groups excluding carboxylic acids is 4. The first-order valence-corrected chi connectivity index (χ1v) is 25.3. The number of alkyl carbamates (subject to hydrolysis) is 1. The number of methoxy groups -OCH3 is 1. The number of aromatic nitrogens is 2. The molecule has 2 saturated carbocycles. The van der Waals surface area contributed by atoms with E-state index in [-0.39, 0.29) is 25.4 Å². The van der Waals surface area contributed by atoms with Gasteiger partial charge in [0, 0.05) is 41.3 Å². The summed E-state index contributed by atoms with van der Waals surface area (Å²) in [4.78, 5) is 68.1. The lowest BCUT2D eigenvalue weighted by molar-refractivity contribution is -0.141. The predicted octanol–water partition coefficient (Wildman–Crippen LogP) is 7.24. The van der Waals surface area contributed by atoms with Gasteiger partial charge in [0.1, 0.15) is 46.5 Å². The number of anilines is 1. The molecule has 7 rings (SSSR count). The van der Waals surface area contributed by atoms with Crippen molar-refractivity contribution in [2.45, 2.75) is 159 Å². The standard InChI is InChI=1S/C47H65N7O9S2/c1-28(2)39(51-44(58)63-45(5,6)7)41(56)54-26-32(62-38-24-35(36-27-64-43(50-36)48-29(3)4)49-34-22-31(61-8)17-18-33(34)38)23-37(54)40(55)52-47-25-30(47)16-14-12-10-9-11-13-15-19-46(20-21-46)65(59,60)53-42(47)57/h14,16-18,22,24,27-30,32,37,39H,9-13,15,19-21,23,25-26H2,1-8H3,(H,48,50)(H,51,58)(H,52,55)(H,53,57)/t30-,32-,37+,39+,47-/m1/s1. The Bertz CT molecular complexity index is 2410. The molecule has 3 fully saturated rings. The molecule has 0 bridgehead atoms. The highest BCUT2D eigenvalue weighted by Crippen LogP contribution is 2.50. The molecule has 3 aromatic rings. The van der Waals surface area contributed by atoms with E-state index in [4.69, 9.17) is 24.2 Å². The van der Waals surface area contributed by atoms with Crippen molar-refractivity contribution in [3.05, 3.63) is 41.8 Å². The lowest BCUT2D eigenvalue weighted by Gasteiger charge is -2.31. The minimum absolute atomic E-state index is 0.0168. The fourth-order valence-electron chi connectivity index (χ4n) is 8.82. The number of hydrogen-bond acceptors (Lipinski definition) is 13. The van der Waals surface area contributed by atoms with Crippen LogP contribution in [0.4, 0.5) is 9.93 Å². The van der Waals surface area contributed by atoms with Crippen LogP contribution in [-0.2, 0) is 29.1 Å². The van der Waals surface area contributed by atoms with Gasteiger partial charge in [-0.15, -0.1) is 11.3 Å². The minimum Gasteiger partial charge on any atom is -0.497 e. The molecule has 18 heteroatoms. The molecule has 354 valence electrons. The summed E-state index contributed by atoms with van der Waals surface area (Å²) in [6.07, 6.45) is 9.51. The van der Waals surface area contributed by atoms with Crippen LogP contribution in [0.5, 0.6) is 11.5 Å². The third-order valence-electron chi connectivity index (χ3n) is 12.6. The Morgan fingerprint density at radius 1 is 0.985 bits per heavy atom. The number of likely N-dealkylation sites (tertiary alicyclic amines) is 1. The lowest BCUT2D eigenvalue weighted by atomic mass is 10.0. The zero-order valence-electron chi connectivity index (χ0n) is 38.8. The van der Waals surface area contributed by atoms with E-state index in [9.17, 15) is 27.6 Å². The maximum Gasteiger partial charge on any atom is 0.408 e. The van der Waals surface area contributed by atoms with E-state index >= 15 is 0 Å². The Labute approximate surface area is 386 Å². The van der Waals surface area contributed by atoms with Crippen LogP contribution in [0.25, 0.3) is 22.3 Å². The molecular weight excluding hydrogens is 871 g/mol. The molecule has 1 aromatic carbocycles. The Hall–Kier alpha value is -4.97. The summed E-state index contributed by atoms with van der Waals surface area (Å²) in [7, 11) is -2.48. The van der Waals surface area contributed by atoms with Crippen molar-refractivity contribution in [1.82, 2.24) is 30.2 Å². The molecular formula is C47H65N7O9S2. The summed E-state index contributed by atoms with van der Waals surface area (Å²) in [5, 5.41) is 12.3. The second-order valence-electron chi connectivity index (χ2n) is 19.7. The van der Waals surface area contributed by atoms with Crippen LogP contribution in [0.15, 0.2) is 41.8 Å². The summed E-state index contributed by atoms with van der Waals surface area (Å²) in [6, 6.07) is 5.13. The van der Waals surface area contributed by atoms with E-state index in [0.717, 1.165) is 43.7 Å². The molecule has 65 heavy (non-hydrogen) atoms. The number of sulfonamides is 1. The van der Waals surface area contributed by atoms with Crippen molar-refractivity contribution in [3.63, 3.8) is 0 Å². The third-order valence-corrected chi connectivity index (χ3v) is 15.6. The number of carbonyl (C=O) groups is 4. The van der Waals surface area contributed by atoms with Gasteiger partial charge < -0.3 is 35.1 Å². The highest BCUT2D eigenvalue weighted by atomic mass is 32.2. The number of nitrogens with zero attached hydrogens (tertiary/aromatic N) is 3. The van der Waals surface area contributed by atoms with Gasteiger partial charge in [-0.2, -0.15) is 0 Å². The fraction of sp³-hybridized carbons (Fsp3) is 0.617. The molecule has 16 nitrogen and oxygen atoms in total. The molecule has 1 spiro atoms. The highest BCUT2D eigenvalue weighted by molar-refractivity contribution is 7.91. The highest BCUT2D eigenvalue weighted by Gasteiger charge is 2.63. The quantitative estimate of drug-likeness (QED) is 0.140. The second kappa shape index (κ2) is 19.1. The SMILES string of the molecule is COc1ccc2c(O[C@@H]3C[C@@H](C(=O)N[C@]45C[C@H]4C=CCCCCCCCC4(CC4)S(=O)(=O)NC5=O)N(C(=O)[C@@H](NC(=O)OC(C)(C)C)C(C)C)C3)cc(-c3csc(NC(C)C)n3)nc2c1. The summed E-state index contributed by atoms with van der Waals surface area (Å²) in [5.41, 5.74) is -0.642. The van der Waals surface area contributed by atoms with Crippen molar-refractivity contribution in [3.8, 4) is 22.9 Å². The van der Waals surface area contributed by atoms with Crippen molar-refractivity contribution < 1.29 is 41.8 Å². The maximum atomic E-state index is 14.9. The van der Waals surface area contributed by atoms with Crippen LogP contribution < -0.4 is 30.1 Å². The number of fused-ring (bicyclic) bond motifs is 2. The summed E-state index contributed by atoms with van der Waals surface area (Å²) in [6.45, 7) is 12.7. The molecule has 2 aliphatic heterocycles. The van der Waals surface area contributed by atoms with Gasteiger partial charge in [-0.1, -0.05) is 51.7 Å². The van der Waals surface area contributed by atoms with Gasteiger partial charge >= 0.3 is 6.09 Å². The predicted molar refractivity (Wildman–Crippen MR) is 250 cm³/mol. The average molecular weight is 936 g/mol. The zero-order valence-corrected chi connectivity index (χ0v) is 40.5. The number of benzene rings is 1. The van der Waals surface area contributed by atoms with E-state index < -0.39 is 79.7 Å². The van der Waals surface area contributed by atoms with Crippen LogP contribution in [0.1, 0.15) is 119 Å². The zero-order chi connectivity index (χ0) is 46.9. The van der Waals surface area contributed by atoms with Gasteiger partial charge in [-0.05, 0) is 91.2 Å². The molecule has 5 atom stereocenters. The number of amides is 4. The van der Waals surface area contributed by atoms with Gasteiger partial charge in [0.2, 0.25) is 21.8 Å². The van der Waals surface area contributed by atoms with Crippen LogP contribution >= 0.6 is 11.3 Å². The Kier molecular flexibility index (Phi) is 14.1. The van der Waals surface area contributed by atoms with E-state index in [2.05, 4.69) is 20.7 Å². The third kappa shape index (κ3) is 11.0. The molecule has 4 aliphatic rings. The Morgan fingerprint density at radius 2 is 1.72 bits per heavy atom. The van der Waals surface area contributed by atoms with Gasteiger partial charge in [-0.25, -0.2) is 23.2 Å². The number of thiazole rings is 1. The maximum absolute atomic E-state index is 14.9. The lowest BCUT2D eigenvalue weighted by Crippen LogP contribution is -2.59. The van der Waals surface area contributed by atoms with Crippen molar-refractivity contribution in [2.24, 2.45) is 11.8 Å². The van der Waals surface area contributed by atoms with Crippen molar-refractivity contribution in [1.29, 1.82) is 0 Å². The van der Waals surface area contributed by atoms with E-state index in [1.165, 1.54) is 16.2 Å². The summed E-state index contributed by atoms with van der Waals surface area (Å²) < 4.78 is 47.0. The number of allylic oxidation sites excluding steroid dienone is 1. The number of pyridine rings is 1. The van der Waals surface area contributed by atoms with Gasteiger partial charge in [-0.3, -0.25) is 19.1 Å². The average Bonchev–Trinajstić information content (AvgIpc) is 4.06. The molecule has 4 N–H and O–H groups in total. The van der Waals surface area contributed by atoms with E-state index in [1.54, 1.807) is 59.9 Å². The van der Waals surface area contributed by atoms with Crippen molar-refractivity contribution in [2.75, 3.05) is 19.0 Å². The monoisotopic (exact) mass is 935 g/mol. The molecule has 4 amide bonds. The normalized spacial score (nSPS) is 24.6. The first kappa shape index (κ1) is 48.0. The second-order valence-corrected chi connectivity index (χ2v) is 22.6. The van der Waals surface area contributed by atoms with E-state index in [1.807, 2.05) is 37.4 Å². The fourth-order valence-corrected chi connectivity index (χ4v) is 11.4. The van der Waals surface area contributed by atoms with Crippen LogP contribution in [0.3, 0.4) is 0 Å². The van der Waals surface area contributed by atoms with Gasteiger partial charge in [0.05, 0.1) is 29.6 Å². The molecule has 0 radical (unpaired) electrons. The first-order chi connectivity index (χ1) is 30.7. The molecule has 2 aromatic heterocycles. The van der Waals surface area contributed by atoms with Crippen LogP contribution in [-0.4, -0.2) is 101 Å². The summed E-state index contributed by atoms with van der Waals surface area (Å²) in [5.74, 6) is -1.80. The number of ether oxygens (including phenoxy) is 3. The molecule has 0 unspecified atom stereocenters. The van der Waals surface area contributed by atoms with Crippen molar-refractivity contribution >= 4 is 61.2 Å². The van der Waals surface area contributed by atoms with Crippen LogP contribution in [0, 0.1) is 11.8 Å². The van der Waals surface area contributed by atoms with Crippen LogP contribution in [0.2, 0.25) is 0 Å². The number of nitrogens with one attached hydrogen (secondary N) is 4. The topological polar surface area (TPSA) is 207 Å². The number of rotatable bonds is 11. The Morgan fingerprint density at radius 3 is 2.42 bits per heavy atom. The van der Waals surface area contributed by atoms with E-state index in [0.29, 0.717) is 53.1 Å². The minimum atomic E-state index is -4.05.